The van der Waals surface area contributed by atoms with Crippen LogP contribution in [0.2, 0.25) is 5.02 Å². The number of nitrogens with zero attached hydrogens (tertiary/aromatic N) is 1. The zero-order chi connectivity index (χ0) is 32.0. The summed E-state index contributed by atoms with van der Waals surface area (Å²) < 4.78 is 0. The Kier molecular flexibility index (Phi) is 10.7. The van der Waals surface area contributed by atoms with Crippen LogP contribution in [0.4, 0.5) is 0 Å². The van der Waals surface area contributed by atoms with Crippen LogP contribution in [0.25, 0.3) is 23.1 Å². The number of rotatable bonds is 12. The molecule has 7 heteroatoms. The zero-order valence-corrected chi connectivity index (χ0v) is 27.7. The number of benzene rings is 3. The van der Waals surface area contributed by atoms with Crippen molar-refractivity contribution in [3.8, 4) is 0 Å². The van der Waals surface area contributed by atoms with Gasteiger partial charge in [0.05, 0.1) is 23.2 Å². The van der Waals surface area contributed by atoms with Crippen molar-refractivity contribution in [2.75, 3.05) is 5.75 Å². The first-order valence-corrected chi connectivity index (χ1v) is 17.2. The lowest BCUT2D eigenvalue weighted by molar-refractivity contribution is -0.138. The number of carbonyl (C=O) groups is 1. The highest BCUT2D eigenvalue weighted by Crippen LogP contribution is 2.53. The van der Waals surface area contributed by atoms with E-state index in [9.17, 15) is 15.0 Å². The van der Waals surface area contributed by atoms with Crippen LogP contribution in [0.15, 0.2) is 78.9 Å². The normalized spacial score (nSPS) is 16.3. The molecule has 0 amide bonds. The average Bonchev–Trinajstić information content (AvgIpc) is 3.95. The lowest BCUT2D eigenvalue weighted by atomic mass is 9.90. The van der Waals surface area contributed by atoms with Crippen LogP contribution in [-0.4, -0.2) is 33.0 Å². The summed E-state index contributed by atoms with van der Waals surface area (Å²) in [7, 11) is 0. The van der Waals surface area contributed by atoms with Crippen molar-refractivity contribution in [3.63, 3.8) is 0 Å². The van der Waals surface area contributed by atoms with E-state index in [0.29, 0.717) is 11.1 Å². The van der Waals surface area contributed by atoms with Gasteiger partial charge in [-0.15, -0.1) is 0 Å². The van der Waals surface area contributed by atoms with E-state index in [1.54, 1.807) is 0 Å². The predicted molar refractivity (Wildman–Crippen MR) is 188 cm³/mol. The summed E-state index contributed by atoms with van der Waals surface area (Å²) in [4.78, 5) is 16.2. The molecule has 2 aliphatic carbocycles. The Morgan fingerprint density at radius 3 is 2.49 bits per heavy atom. The summed E-state index contributed by atoms with van der Waals surface area (Å²) in [6.07, 6.45) is 10.5. The van der Waals surface area contributed by atoms with Gasteiger partial charge in [0.15, 0.2) is 0 Å². The van der Waals surface area contributed by atoms with E-state index in [2.05, 4.69) is 42.5 Å². The second-order valence-electron chi connectivity index (χ2n) is 13.0. The maximum atomic E-state index is 11.5. The van der Waals surface area contributed by atoms with Gasteiger partial charge in [0.2, 0.25) is 0 Å². The van der Waals surface area contributed by atoms with E-state index in [-0.39, 0.29) is 17.1 Å². The van der Waals surface area contributed by atoms with Gasteiger partial charge < -0.3 is 15.9 Å². The third-order valence-electron chi connectivity index (χ3n) is 8.45. The van der Waals surface area contributed by atoms with Gasteiger partial charge in [0.25, 0.3) is 0 Å². The average molecular weight is 643 g/mol. The van der Waals surface area contributed by atoms with Crippen LogP contribution in [0, 0.1) is 5.41 Å². The fourth-order valence-electron chi connectivity index (χ4n) is 5.45. The highest BCUT2D eigenvalue weighted by molar-refractivity contribution is 7.99. The molecule has 4 aromatic rings. The van der Waals surface area contributed by atoms with Crippen molar-refractivity contribution < 1.29 is 15.0 Å². The Bertz CT molecular complexity index is 1660. The summed E-state index contributed by atoms with van der Waals surface area (Å²) in [5.41, 5.74) is 10.4. The Morgan fingerprint density at radius 1 is 1.07 bits per heavy atom. The van der Waals surface area contributed by atoms with Crippen LogP contribution in [0.5, 0.6) is 0 Å². The molecule has 2 fully saturated rings. The number of hydrogen-bond donors (Lipinski definition) is 3. The number of nitrogens with two attached hydrogens (primary N) is 1. The summed E-state index contributed by atoms with van der Waals surface area (Å²) in [5, 5.41) is 22.1. The highest BCUT2D eigenvalue weighted by Gasteiger charge is 2.44. The molecular weight excluding hydrogens is 600 g/mol. The second kappa shape index (κ2) is 14.5. The van der Waals surface area contributed by atoms with Crippen molar-refractivity contribution in [3.05, 3.63) is 112 Å². The van der Waals surface area contributed by atoms with Crippen molar-refractivity contribution in [1.82, 2.24) is 4.98 Å². The van der Waals surface area contributed by atoms with E-state index in [0.717, 1.165) is 64.7 Å². The van der Waals surface area contributed by atoms with Gasteiger partial charge in [-0.05, 0) is 104 Å². The number of carboxylic acid groups (broad SMARTS) is 1. The monoisotopic (exact) mass is 642 g/mol. The molecule has 0 spiro atoms. The van der Waals surface area contributed by atoms with Crippen LogP contribution < -0.4 is 5.73 Å². The number of hydrogen-bond acceptors (Lipinski definition) is 5. The molecule has 1 heterocycles. The van der Waals surface area contributed by atoms with Crippen molar-refractivity contribution in [2.45, 2.75) is 75.7 Å². The molecule has 2 aliphatic rings. The summed E-state index contributed by atoms with van der Waals surface area (Å²) in [5.74, 6) is 0.122. The van der Waals surface area contributed by atoms with E-state index >= 15 is 0 Å². The summed E-state index contributed by atoms with van der Waals surface area (Å²) in [6.45, 7) is 3.66. The van der Waals surface area contributed by atoms with E-state index in [1.807, 2.05) is 74.1 Å². The van der Waals surface area contributed by atoms with Crippen LogP contribution >= 0.6 is 23.4 Å². The van der Waals surface area contributed by atoms with E-state index in [1.165, 1.54) is 18.4 Å². The van der Waals surface area contributed by atoms with Gasteiger partial charge >= 0.3 is 5.97 Å². The third-order valence-corrected chi connectivity index (χ3v) is 10.4. The Morgan fingerprint density at radius 2 is 1.80 bits per heavy atom. The molecule has 1 atom stereocenters. The number of halogens is 1. The summed E-state index contributed by atoms with van der Waals surface area (Å²) >= 11 is 8.04. The second-order valence-corrected chi connectivity index (χ2v) is 14.7. The highest BCUT2D eigenvalue weighted by atomic mass is 35.5. The predicted octanol–water partition coefficient (Wildman–Crippen LogP) is 9.06. The Balaban J connectivity index is 0.000000927. The minimum atomic E-state index is -0.911. The molecule has 1 aromatic heterocycles. The molecule has 5 nitrogen and oxygen atoms in total. The number of aromatic nitrogens is 1. The number of pyridine rings is 1. The maximum Gasteiger partial charge on any atom is 0.303 e. The van der Waals surface area contributed by atoms with Gasteiger partial charge in [0, 0.05) is 27.5 Å². The molecule has 0 radical (unpaired) electrons. The fourth-order valence-corrected chi connectivity index (χ4v) is 7.19. The largest absolute Gasteiger partial charge is 0.481 e. The third kappa shape index (κ3) is 9.91. The molecule has 0 unspecified atom stereocenters. The smallest absolute Gasteiger partial charge is 0.303 e. The van der Waals surface area contributed by atoms with Crippen molar-refractivity contribution >= 4 is 52.4 Å². The molecule has 236 valence electrons. The number of fused-ring (bicyclic) bond motifs is 1. The lowest BCUT2D eigenvalue weighted by Gasteiger charge is -2.24. The minimum absolute atomic E-state index is 0.0814. The van der Waals surface area contributed by atoms with Gasteiger partial charge in [-0.25, -0.2) is 4.98 Å². The molecule has 0 bridgehead atoms. The van der Waals surface area contributed by atoms with Gasteiger partial charge in [0.1, 0.15) is 0 Å². The lowest BCUT2D eigenvalue weighted by Crippen LogP contribution is -2.18. The van der Waals surface area contributed by atoms with Gasteiger partial charge in [-0.1, -0.05) is 78.3 Å². The van der Waals surface area contributed by atoms with Crippen molar-refractivity contribution in [1.29, 1.82) is 0 Å². The molecule has 4 N–H and O–H groups in total. The number of carboxylic acids is 1. The number of thioether (sulfide) groups is 1. The number of aryl methyl sites for hydroxylation is 1. The Hall–Kier alpha value is -3.16. The number of aliphatic carboxylic acids is 1. The first-order valence-electron chi connectivity index (χ1n) is 15.7. The van der Waals surface area contributed by atoms with Crippen LogP contribution in [-0.2, 0) is 16.8 Å². The first kappa shape index (κ1) is 33.2. The topological polar surface area (TPSA) is 96.4 Å². The van der Waals surface area contributed by atoms with Crippen molar-refractivity contribution in [2.24, 2.45) is 11.1 Å². The molecule has 0 aliphatic heterocycles. The summed E-state index contributed by atoms with van der Waals surface area (Å²) in [6, 6.07) is 27.1. The molecule has 45 heavy (non-hydrogen) atoms. The molecular formula is C38H43ClN2O3S. The zero-order valence-electron chi connectivity index (χ0n) is 26.1. The van der Waals surface area contributed by atoms with Crippen LogP contribution in [0.1, 0.15) is 85.6 Å². The van der Waals surface area contributed by atoms with E-state index in [4.69, 9.17) is 22.3 Å². The minimum Gasteiger partial charge on any atom is -0.481 e. The molecule has 6 rings (SSSR count). The van der Waals surface area contributed by atoms with Crippen LogP contribution in [0.3, 0.4) is 0 Å². The maximum absolute atomic E-state index is 11.5. The van der Waals surface area contributed by atoms with E-state index < -0.39 is 11.6 Å². The SMILES string of the molecule is CC(C)(O)c1ccccc1CC[C@@H](SCC1(CC(=O)O)CC1)c1cccc(C=Cc2ccc3ccc(Cl)cc3n2)c1.NC1CC1. The Labute approximate surface area is 275 Å². The molecule has 2 saturated carbocycles. The van der Waals surface area contributed by atoms with Gasteiger partial charge in [-0.3, -0.25) is 4.79 Å². The number of aliphatic hydroxyl groups is 1. The first-order chi connectivity index (χ1) is 21.5. The van der Waals surface area contributed by atoms with Gasteiger partial charge in [-0.2, -0.15) is 11.8 Å². The quantitative estimate of drug-likeness (QED) is 0.143. The molecule has 0 saturated heterocycles. The fraction of sp³-hybridized carbons (Fsp3) is 0.368. The standard InChI is InChI=1S/C35H36ClNO3S.C3H7N/c1-34(2,40)30-9-4-3-7-25(30)13-17-32(41-23-35(18-19-35)22-33(38)39)27-8-5-6-24(20-27)10-15-29-16-12-26-11-14-28(36)21-31(26)37-29;4-3-1-2-3/h3-12,14-16,20-21,32,40H,13,17-19,22-23H2,1-2H3,(H,38,39);3H,1-2,4H2/t32-;/m1./s1. The molecule has 3 aromatic carbocycles.